The fraction of sp³-hybridized carbons (Fsp3) is 0.353. The van der Waals surface area contributed by atoms with Gasteiger partial charge in [0.2, 0.25) is 0 Å². The second-order valence-corrected chi connectivity index (χ2v) is 9.68. The Morgan fingerprint density at radius 1 is 1.03 bits per heavy atom. The summed E-state index contributed by atoms with van der Waals surface area (Å²) in [6.07, 6.45) is 27.2. The molecule has 3 rings (SSSR count). The Morgan fingerprint density at radius 2 is 1.81 bits per heavy atom. The number of nitrogens with zero attached hydrogens (tertiary/aromatic N) is 3. The predicted octanol–water partition coefficient (Wildman–Crippen LogP) is 9.54. The minimum absolute atomic E-state index is 0.414. The van der Waals surface area contributed by atoms with E-state index in [1.807, 2.05) is 44.2 Å². The molecule has 3 heteroatoms. The molecule has 37 heavy (non-hydrogen) atoms. The average molecular weight is 494 g/mol. The lowest BCUT2D eigenvalue weighted by Crippen LogP contribution is -2.15. The van der Waals surface area contributed by atoms with Crippen LogP contribution < -0.4 is 0 Å². The molecule has 0 amide bonds. The van der Waals surface area contributed by atoms with Gasteiger partial charge in [-0.25, -0.2) is 0 Å². The van der Waals surface area contributed by atoms with Gasteiger partial charge in [0.25, 0.3) is 0 Å². The molecule has 0 spiro atoms. The molecule has 2 aromatic rings. The standard InChI is InChI=1S/C34H43N3/c1-6-11-19-30(17-7-2)34-32(26-37(36-34)31-22-16-15-18-27(8-3)23-24-31)28(9-4)25-33(35-10-5)29-20-13-12-14-21-29/h6-7,9-14,17,19-21,25-27,31H,4-5,8,15-16,18,22-24H2,1-3H3/b11-6-,17-7-,28-25+,30-19+,35-33?. The van der Waals surface area contributed by atoms with Gasteiger partial charge in [0.15, 0.2) is 0 Å². The van der Waals surface area contributed by atoms with Crippen molar-refractivity contribution in [2.24, 2.45) is 10.9 Å². The van der Waals surface area contributed by atoms with E-state index in [-0.39, 0.29) is 0 Å². The fourth-order valence-electron chi connectivity index (χ4n) is 5.09. The van der Waals surface area contributed by atoms with E-state index in [0.29, 0.717) is 6.04 Å². The molecule has 0 N–H and O–H groups in total. The van der Waals surface area contributed by atoms with Gasteiger partial charge in [0.1, 0.15) is 5.69 Å². The largest absolute Gasteiger partial charge is 0.268 e. The minimum atomic E-state index is 0.414. The lowest BCUT2D eigenvalue weighted by atomic mass is 9.87. The Bertz CT molecular complexity index is 1170. The maximum atomic E-state index is 5.24. The van der Waals surface area contributed by atoms with E-state index >= 15 is 0 Å². The number of rotatable bonds is 10. The molecule has 2 unspecified atom stereocenters. The van der Waals surface area contributed by atoms with Crippen LogP contribution in [-0.2, 0) is 0 Å². The van der Waals surface area contributed by atoms with E-state index in [2.05, 4.69) is 78.5 Å². The molecule has 0 saturated heterocycles. The molecule has 1 aliphatic carbocycles. The van der Waals surface area contributed by atoms with E-state index in [9.17, 15) is 0 Å². The average Bonchev–Trinajstić information content (AvgIpc) is 3.34. The SMILES string of the molecule is C=CN=C(/C=C(\C=C)c1cn(C2CCCCC(CC)CC2)nc1C(/C=C\C)=C/C=C\C)c1ccccc1. The van der Waals surface area contributed by atoms with Crippen LogP contribution in [0.3, 0.4) is 0 Å². The van der Waals surface area contributed by atoms with E-state index in [0.717, 1.165) is 39.6 Å². The van der Waals surface area contributed by atoms with Gasteiger partial charge in [-0.1, -0.05) is 113 Å². The molecule has 1 fully saturated rings. The monoisotopic (exact) mass is 493 g/mol. The van der Waals surface area contributed by atoms with Crippen LogP contribution in [0, 0.1) is 5.92 Å². The maximum Gasteiger partial charge on any atom is 0.100 e. The highest BCUT2D eigenvalue weighted by molar-refractivity contribution is 6.13. The van der Waals surface area contributed by atoms with Crippen molar-refractivity contribution in [1.82, 2.24) is 9.78 Å². The molecule has 3 nitrogen and oxygen atoms in total. The quantitative estimate of drug-likeness (QED) is 0.239. The van der Waals surface area contributed by atoms with Crippen LogP contribution in [0.1, 0.15) is 88.6 Å². The van der Waals surface area contributed by atoms with Gasteiger partial charge in [0.05, 0.1) is 11.8 Å². The summed E-state index contributed by atoms with van der Waals surface area (Å²) in [7, 11) is 0. The third-order valence-electron chi connectivity index (χ3n) is 7.20. The zero-order valence-corrected chi connectivity index (χ0v) is 22.9. The van der Waals surface area contributed by atoms with Crippen molar-refractivity contribution in [2.75, 3.05) is 0 Å². The third-order valence-corrected chi connectivity index (χ3v) is 7.20. The number of aromatic nitrogens is 2. The van der Waals surface area contributed by atoms with Crippen LogP contribution >= 0.6 is 0 Å². The number of allylic oxidation sites excluding steroid dienone is 9. The fourth-order valence-corrected chi connectivity index (χ4v) is 5.09. The summed E-state index contributed by atoms with van der Waals surface area (Å²) in [5, 5.41) is 5.24. The topological polar surface area (TPSA) is 30.2 Å². The van der Waals surface area contributed by atoms with Gasteiger partial charge in [-0.2, -0.15) is 5.10 Å². The molecule has 0 bridgehead atoms. The Kier molecular flexibility index (Phi) is 11.4. The van der Waals surface area contributed by atoms with E-state index < -0.39 is 0 Å². The zero-order valence-electron chi connectivity index (χ0n) is 22.9. The van der Waals surface area contributed by atoms with Crippen molar-refractivity contribution in [3.05, 3.63) is 115 Å². The van der Waals surface area contributed by atoms with Crippen LogP contribution in [0.4, 0.5) is 0 Å². The highest BCUT2D eigenvalue weighted by atomic mass is 15.3. The zero-order chi connectivity index (χ0) is 26.5. The number of aliphatic imine (C=N–C) groups is 1. The Labute approximate surface area is 224 Å². The molecule has 0 aliphatic heterocycles. The first-order chi connectivity index (χ1) is 18.1. The summed E-state index contributed by atoms with van der Waals surface area (Å²) in [5.74, 6) is 0.831. The van der Waals surface area contributed by atoms with Crippen molar-refractivity contribution in [1.29, 1.82) is 0 Å². The van der Waals surface area contributed by atoms with Crippen molar-refractivity contribution in [2.45, 2.75) is 71.8 Å². The van der Waals surface area contributed by atoms with Gasteiger partial charge in [0, 0.05) is 29.1 Å². The van der Waals surface area contributed by atoms with Crippen molar-refractivity contribution >= 4 is 16.9 Å². The normalized spacial score (nSPS) is 20.2. The maximum absolute atomic E-state index is 5.24. The van der Waals surface area contributed by atoms with Gasteiger partial charge in [-0.05, 0) is 50.7 Å². The van der Waals surface area contributed by atoms with Crippen molar-refractivity contribution in [3.8, 4) is 0 Å². The van der Waals surface area contributed by atoms with Gasteiger partial charge in [-0.15, -0.1) is 0 Å². The lowest BCUT2D eigenvalue weighted by molar-refractivity contribution is 0.292. The Morgan fingerprint density at radius 3 is 2.49 bits per heavy atom. The summed E-state index contributed by atoms with van der Waals surface area (Å²) < 4.78 is 2.24. The van der Waals surface area contributed by atoms with E-state index in [1.54, 1.807) is 6.20 Å². The lowest BCUT2D eigenvalue weighted by Gasteiger charge is -2.24. The van der Waals surface area contributed by atoms with Crippen LogP contribution in [0.15, 0.2) is 103 Å². The molecule has 2 atom stereocenters. The van der Waals surface area contributed by atoms with Crippen molar-refractivity contribution in [3.63, 3.8) is 0 Å². The molecular weight excluding hydrogens is 450 g/mol. The van der Waals surface area contributed by atoms with Crippen LogP contribution in [0.5, 0.6) is 0 Å². The summed E-state index contributed by atoms with van der Waals surface area (Å²) >= 11 is 0. The molecule has 1 aromatic heterocycles. The highest BCUT2D eigenvalue weighted by Gasteiger charge is 2.22. The first kappa shape index (κ1) is 28.1. The smallest absolute Gasteiger partial charge is 0.100 e. The number of benzene rings is 1. The van der Waals surface area contributed by atoms with Gasteiger partial charge >= 0.3 is 0 Å². The Balaban J connectivity index is 2.15. The molecule has 1 saturated carbocycles. The molecular formula is C34H43N3. The summed E-state index contributed by atoms with van der Waals surface area (Å²) in [6.45, 7) is 14.4. The summed E-state index contributed by atoms with van der Waals surface area (Å²) in [6, 6.07) is 10.6. The Hall–Kier alpha value is -3.46. The third kappa shape index (κ3) is 7.76. The number of hydrogen-bond acceptors (Lipinski definition) is 2. The number of hydrogen-bond donors (Lipinski definition) is 0. The van der Waals surface area contributed by atoms with Crippen LogP contribution in [0.25, 0.3) is 11.1 Å². The van der Waals surface area contributed by atoms with Gasteiger partial charge in [-0.3, -0.25) is 9.67 Å². The van der Waals surface area contributed by atoms with E-state index in [1.165, 1.54) is 44.9 Å². The first-order valence-electron chi connectivity index (χ1n) is 13.8. The van der Waals surface area contributed by atoms with Crippen LogP contribution in [-0.4, -0.2) is 15.5 Å². The van der Waals surface area contributed by atoms with Crippen molar-refractivity contribution < 1.29 is 0 Å². The molecule has 0 radical (unpaired) electrons. The minimum Gasteiger partial charge on any atom is -0.268 e. The summed E-state index contributed by atoms with van der Waals surface area (Å²) in [4.78, 5) is 4.59. The van der Waals surface area contributed by atoms with Gasteiger partial charge < -0.3 is 0 Å². The van der Waals surface area contributed by atoms with Crippen LogP contribution in [0.2, 0.25) is 0 Å². The second kappa shape index (κ2) is 14.9. The molecule has 1 aromatic carbocycles. The first-order valence-corrected chi connectivity index (χ1v) is 13.8. The second-order valence-electron chi connectivity index (χ2n) is 9.68. The predicted molar refractivity (Wildman–Crippen MR) is 162 cm³/mol. The molecule has 194 valence electrons. The molecule has 1 heterocycles. The highest BCUT2D eigenvalue weighted by Crippen LogP contribution is 2.34. The van der Waals surface area contributed by atoms with E-state index in [4.69, 9.17) is 5.10 Å². The molecule has 1 aliphatic rings. The summed E-state index contributed by atoms with van der Waals surface area (Å²) in [5.41, 5.74) is 6.03.